The predicted molar refractivity (Wildman–Crippen MR) is 56.0 cm³/mol. The minimum absolute atomic E-state index is 0.000880. The van der Waals surface area contributed by atoms with Gasteiger partial charge in [0.25, 0.3) is 0 Å². The van der Waals surface area contributed by atoms with Crippen molar-refractivity contribution in [2.75, 3.05) is 19.6 Å². The van der Waals surface area contributed by atoms with Crippen LogP contribution >= 0.6 is 0 Å². The van der Waals surface area contributed by atoms with Gasteiger partial charge in [-0.2, -0.15) is 0 Å². The Morgan fingerprint density at radius 2 is 2.00 bits per heavy atom. The number of rotatable bonds is 4. The van der Waals surface area contributed by atoms with E-state index in [4.69, 9.17) is 5.73 Å². The Bertz CT molecular complexity index is 213. The van der Waals surface area contributed by atoms with Crippen LogP contribution in [0.4, 0.5) is 0 Å². The molecule has 0 bridgehead atoms. The van der Waals surface area contributed by atoms with Crippen LogP contribution in [0, 0.1) is 5.92 Å². The number of hydrogen-bond donors (Lipinski definition) is 3. The first kappa shape index (κ1) is 12.4. The number of β-amino-alcohol motifs (C(OH)–C–C–N with tert-alkyl or cyclic N) is 2. The van der Waals surface area contributed by atoms with Crippen molar-refractivity contribution in [2.24, 2.45) is 11.7 Å². The number of nitrogens with two attached hydrogens (primary N) is 1. The van der Waals surface area contributed by atoms with Crippen LogP contribution in [0.5, 0.6) is 0 Å². The highest BCUT2D eigenvalue weighted by Crippen LogP contribution is 2.16. The molecular weight excluding hydrogens is 196 g/mol. The summed E-state index contributed by atoms with van der Waals surface area (Å²) in [5.41, 5.74) is 5.37. The first-order valence-corrected chi connectivity index (χ1v) is 5.41. The van der Waals surface area contributed by atoms with Gasteiger partial charge in [0.15, 0.2) is 0 Å². The summed E-state index contributed by atoms with van der Waals surface area (Å²) in [4.78, 5) is 13.3. The average molecular weight is 216 g/mol. The quantitative estimate of drug-likeness (QED) is 0.558. The Labute approximate surface area is 89.9 Å². The van der Waals surface area contributed by atoms with Crippen molar-refractivity contribution in [1.29, 1.82) is 0 Å². The van der Waals surface area contributed by atoms with Crippen LogP contribution < -0.4 is 5.73 Å². The summed E-state index contributed by atoms with van der Waals surface area (Å²) >= 11 is 0. The van der Waals surface area contributed by atoms with E-state index >= 15 is 0 Å². The first-order chi connectivity index (χ1) is 7.06. The summed E-state index contributed by atoms with van der Waals surface area (Å²) in [5.74, 6) is -0.0786. The molecule has 0 radical (unpaired) electrons. The number of carbonyl (C=O) groups excluding carboxylic acids is 1. The number of nitrogens with zero attached hydrogens (tertiary/aromatic N) is 1. The van der Waals surface area contributed by atoms with Crippen LogP contribution in [0.15, 0.2) is 0 Å². The van der Waals surface area contributed by atoms with E-state index in [0.29, 0.717) is 6.54 Å². The van der Waals surface area contributed by atoms with Crippen molar-refractivity contribution < 1.29 is 15.0 Å². The number of carbonyl (C=O) groups is 1. The maximum atomic E-state index is 11.8. The maximum absolute atomic E-state index is 11.8. The van der Waals surface area contributed by atoms with Gasteiger partial charge in [-0.15, -0.1) is 0 Å². The van der Waals surface area contributed by atoms with Crippen LogP contribution in [0.1, 0.15) is 19.8 Å². The Kier molecular flexibility index (Phi) is 4.50. The Balaban J connectivity index is 2.40. The molecule has 3 unspecified atom stereocenters. The molecule has 1 heterocycles. The molecule has 3 atom stereocenters. The molecule has 1 aliphatic heterocycles. The second-order valence-corrected chi connectivity index (χ2v) is 4.21. The van der Waals surface area contributed by atoms with Gasteiger partial charge in [0, 0.05) is 19.0 Å². The van der Waals surface area contributed by atoms with Crippen LogP contribution in [-0.4, -0.2) is 52.9 Å². The second kappa shape index (κ2) is 5.44. The average Bonchev–Trinajstić information content (AvgIpc) is 2.54. The van der Waals surface area contributed by atoms with Gasteiger partial charge >= 0.3 is 0 Å². The minimum atomic E-state index is -0.796. The molecule has 0 aromatic rings. The summed E-state index contributed by atoms with van der Waals surface area (Å²) in [6.45, 7) is 2.93. The molecule has 0 aliphatic carbocycles. The Morgan fingerprint density at radius 1 is 1.47 bits per heavy atom. The molecule has 0 spiro atoms. The lowest BCUT2D eigenvalue weighted by atomic mass is 10.0. The largest absolute Gasteiger partial charge is 0.388 e. The molecule has 5 heteroatoms. The van der Waals surface area contributed by atoms with E-state index in [1.165, 1.54) is 4.90 Å². The highest BCUT2D eigenvalue weighted by atomic mass is 16.3. The number of aliphatic hydroxyl groups excluding tert-OH is 2. The summed E-state index contributed by atoms with van der Waals surface area (Å²) in [7, 11) is 0. The molecule has 1 amide bonds. The van der Waals surface area contributed by atoms with Gasteiger partial charge in [-0.3, -0.25) is 4.79 Å². The lowest BCUT2D eigenvalue weighted by molar-refractivity contribution is -0.134. The number of aliphatic hydroxyl groups is 2. The van der Waals surface area contributed by atoms with E-state index in [9.17, 15) is 15.0 Å². The molecule has 15 heavy (non-hydrogen) atoms. The van der Waals surface area contributed by atoms with Crippen molar-refractivity contribution in [3.8, 4) is 0 Å². The van der Waals surface area contributed by atoms with Crippen LogP contribution in [0.3, 0.4) is 0 Å². The van der Waals surface area contributed by atoms with E-state index in [2.05, 4.69) is 0 Å². The zero-order valence-corrected chi connectivity index (χ0v) is 9.09. The predicted octanol–water partition coefficient (Wildman–Crippen LogP) is -1.07. The Morgan fingerprint density at radius 3 is 2.47 bits per heavy atom. The van der Waals surface area contributed by atoms with Crippen molar-refractivity contribution in [3.05, 3.63) is 0 Å². The van der Waals surface area contributed by atoms with Crippen LogP contribution in [-0.2, 0) is 4.79 Å². The third-order valence-corrected chi connectivity index (χ3v) is 2.83. The lowest BCUT2D eigenvalue weighted by Gasteiger charge is -2.20. The standard InChI is InChI=1S/C10H20N2O3/c1-7(3-2-4-11)10(15)12-5-8(13)9(14)6-12/h7-9,13-14H,2-6,11H2,1H3. The van der Waals surface area contributed by atoms with E-state index < -0.39 is 12.2 Å². The summed E-state index contributed by atoms with van der Waals surface area (Å²) in [6, 6.07) is 0. The van der Waals surface area contributed by atoms with Gasteiger partial charge in [-0.1, -0.05) is 6.92 Å². The van der Waals surface area contributed by atoms with E-state index in [-0.39, 0.29) is 24.9 Å². The van der Waals surface area contributed by atoms with Gasteiger partial charge in [0.1, 0.15) is 0 Å². The molecule has 4 N–H and O–H groups in total. The fourth-order valence-electron chi connectivity index (χ4n) is 1.81. The molecule has 1 aliphatic rings. The SMILES string of the molecule is CC(CCCN)C(=O)N1CC(O)C(O)C1. The van der Waals surface area contributed by atoms with Gasteiger partial charge in [-0.05, 0) is 19.4 Å². The Hall–Kier alpha value is -0.650. The van der Waals surface area contributed by atoms with Gasteiger partial charge in [0.2, 0.25) is 5.91 Å². The van der Waals surface area contributed by atoms with Crippen LogP contribution in [0.25, 0.3) is 0 Å². The molecule has 1 rings (SSSR count). The topological polar surface area (TPSA) is 86.8 Å². The summed E-state index contributed by atoms with van der Waals surface area (Å²) in [5, 5.41) is 18.6. The highest BCUT2D eigenvalue weighted by Gasteiger charge is 2.33. The van der Waals surface area contributed by atoms with Gasteiger partial charge in [-0.25, -0.2) is 0 Å². The van der Waals surface area contributed by atoms with Crippen LogP contribution in [0.2, 0.25) is 0 Å². The second-order valence-electron chi connectivity index (χ2n) is 4.21. The monoisotopic (exact) mass is 216 g/mol. The minimum Gasteiger partial charge on any atom is -0.388 e. The zero-order chi connectivity index (χ0) is 11.4. The summed E-state index contributed by atoms with van der Waals surface area (Å²) in [6.07, 6.45) is -0.00419. The van der Waals surface area contributed by atoms with E-state index in [0.717, 1.165) is 12.8 Å². The van der Waals surface area contributed by atoms with Crippen molar-refractivity contribution >= 4 is 5.91 Å². The summed E-state index contributed by atoms with van der Waals surface area (Å²) < 4.78 is 0. The number of hydrogen-bond acceptors (Lipinski definition) is 4. The van der Waals surface area contributed by atoms with Gasteiger partial charge < -0.3 is 20.8 Å². The van der Waals surface area contributed by atoms with Crippen molar-refractivity contribution in [3.63, 3.8) is 0 Å². The first-order valence-electron chi connectivity index (χ1n) is 5.41. The van der Waals surface area contributed by atoms with Crippen molar-refractivity contribution in [2.45, 2.75) is 32.0 Å². The normalized spacial score (nSPS) is 28.1. The molecule has 0 aromatic carbocycles. The molecule has 0 saturated carbocycles. The third kappa shape index (κ3) is 3.15. The fourth-order valence-corrected chi connectivity index (χ4v) is 1.81. The molecule has 88 valence electrons. The molecule has 0 aromatic heterocycles. The lowest BCUT2D eigenvalue weighted by Crippen LogP contribution is -2.34. The van der Waals surface area contributed by atoms with E-state index in [1.54, 1.807) is 0 Å². The van der Waals surface area contributed by atoms with Gasteiger partial charge in [0.05, 0.1) is 12.2 Å². The maximum Gasteiger partial charge on any atom is 0.225 e. The molecule has 1 fully saturated rings. The zero-order valence-electron chi connectivity index (χ0n) is 9.09. The third-order valence-electron chi connectivity index (χ3n) is 2.83. The number of amides is 1. The van der Waals surface area contributed by atoms with Crippen molar-refractivity contribution in [1.82, 2.24) is 4.90 Å². The molecule has 1 saturated heterocycles. The molecule has 5 nitrogen and oxygen atoms in total. The molecular formula is C10H20N2O3. The highest BCUT2D eigenvalue weighted by molar-refractivity contribution is 5.78. The fraction of sp³-hybridized carbons (Fsp3) is 0.900. The smallest absolute Gasteiger partial charge is 0.225 e. The van der Waals surface area contributed by atoms with E-state index in [1.807, 2.05) is 6.92 Å². The number of likely N-dealkylation sites (tertiary alicyclic amines) is 1.